The van der Waals surface area contributed by atoms with Crippen molar-refractivity contribution in [1.82, 2.24) is 9.80 Å². The molecule has 0 bridgehead atoms. The van der Waals surface area contributed by atoms with Crippen LogP contribution in [0.5, 0.6) is 0 Å². The Balaban J connectivity index is 1.36. The highest BCUT2D eigenvalue weighted by Gasteiger charge is 2.38. The molecule has 2 fully saturated rings. The molecule has 2 saturated heterocycles. The molecule has 0 radical (unpaired) electrons. The van der Waals surface area contributed by atoms with Crippen LogP contribution in [0.4, 0.5) is 0 Å². The van der Waals surface area contributed by atoms with Crippen LogP contribution in [0.15, 0.2) is 53.3 Å². The third-order valence-electron chi connectivity index (χ3n) is 5.15. The predicted octanol–water partition coefficient (Wildman–Crippen LogP) is 2.18. The number of furan rings is 1. The van der Waals surface area contributed by atoms with E-state index in [0.29, 0.717) is 12.3 Å². The fraction of sp³-hybridized carbons (Fsp3) is 0.450. The van der Waals surface area contributed by atoms with Crippen LogP contribution >= 0.6 is 0 Å². The molecule has 0 N–H and O–H groups in total. The SMILES string of the molecule is O=C(Cc1ccccc1)N1C[C@H]2CN(Cc3ccoc3)CCO[C@H]2C1. The van der Waals surface area contributed by atoms with E-state index in [2.05, 4.69) is 4.90 Å². The Kier molecular flexibility index (Phi) is 4.85. The van der Waals surface area contributed by atoms with Gasteiger partial charge in [-0.2, -0.15) is 0 Å². The van der Waals surface area contributed by atoms with E-state index in [0.717, 1.165) is 44.9 Å². The zero-order valence-corrected chi connectivity index (χ0v) is 14.3. The number of nitrogens with zero attached hydrogens (tertiary/aromatic N) is 2. The number of carbonyl (C=O) groups excluding carboxylic acids is 1. The molecule has 2 atom stereocenters. The summed E-state index contributed by atoms with van der Waals surface area (Å²) in [4.78, 5) is 17.0. The highest BCUT2D eigenvalue weighted by molar-refractivity contribution is 5.79. The normalized spacial score (nSPS) is 24.1. The molecule has 1 aromatic carbocycles. The number of likely N-dealkylation sites (tertiary alicyclic amines) is 1. The lowest BCUT2D eigenvalue weighted by atomic mass is 10.1. The summed E-state index contributed by atoms with van der Waals surface area (Å²) in [5.74, 6) is 0.582. The molecular weight excluding hydrogens is 316 g/mol. The summed E-state index contributed by atoms with van der Waals surface area (Å²) < 4.78 is 11.2. The van der Waals surface area contributed by atoms with Gasteiger partial charge in [0.1, 0.15) is 0 Å². The second-order valence-electron chi connectivity index (χ2n) is 7.00. The number of carbonyl (C=O) groups is 1. The summed E-state index contributed by atoms with van der Waals surface area (Å²) in [6, 6.07) is 12.0. The molecule has 1 aromatic heterocycles. The zero-order chi connectivity index (χ0) is 17.1. The van der Waals surface area contributed by atoms with Crippen LogP contribution in [0, 0.1) is 5.92 Å². The Morgan fingerprint density at radius 1 is 1.08 bits per heavy atom. The van der Waals surface area contributed by atoms with Gasteiger partial charge in [0.2, 0.25) is 5.91 Å². The van der Waals surface area contributed by atoms with E-state index < -0.39 is 0 Å². The standard InChI is InChI=1S/C20H24N2O3/c23-20(10-16-4-2-1-3-5-16)22-13-18-12-21(7-9-25-19(18)14-22)11-17-6-8-24-15-17/h1-6,8,15,18-19H,7,9-14H2/t18-,19+/m1/s1. The van der Waals surface area contributed by atoms with E-state index >= 15 is 0 Å². The van der Waals surface area contributed by atoms with Gasteiger partial charge in [-0.1, -0.05) is 30.3 Å². The van der Waals surface area contributed by atoms with Crippen molar-refractivity contribution < 1.29 is 13.9 Å². The fourth-order valence-corrected chi connectivity index (χ4v) is 3.83. The molecule has 3 heterocycles. The summed E-state index contributed by atoms with van der Waals surface area (Å²) in [6.07, 6.45) is 4.15. The Bertz CT molecular complexity index is 686. The number of hydrogen-bond donors (Lipinski definition) is 0. The molecule has 25 heavy (non-hydrogen) atoms. The highest BCUT2D eigenvalue weighted by atomic mass is 16.5. The van der Waals surface area contributed by atoms with Gasteiger partial charge in [-0.05, 0) is 11.6 Å². The largest absolute Gasteiger partial charge is 0.472 e. The minimum absolute atomic E-state index is 0.161. The van der Waals surface area contributed by atoms with E-state index in [1.54, 1.807) is 12.5 Å². The summed E-state index contributed by atoms with van der Waals surface area (Å²) in [5, 5.41) is 0. The van der Waals surface area contributed by atoms with Gasteiger partial charge in [0, 0.05) is 44.2 Å². The number of ether oxygens (including phenoxy) is 1. The minimum atomic E-state index is 0.161. The fourth-order valence-electron chi connectivity index (χ4n) is 3.83. The molecule has 0 saturated carbocycles. The number of fused-ring (bicyclic) bond motifs is 1. The molecule has 0 spiro atoms. The highest BCUT2D eigenvalue weighted by Crippen LogP contribution is 2.25. The van der Waals surface area contributed by atoms with Crippen molar-refractivity contribution in [2.75, 3.05) is 32.8 Å². The Morgan fingerprint density at radius 3 is 2.76 bits per heavy atom. The molecule has 132 valence electrons. The van der Waals surface area contributed by atoms with Crippen molar-refractivity contribution in [3.8, 4) is 0 Å². The first-order chi connectivity index (χ1) is 12.3. The lowest BCUT2D eigenvalue weighted by molar-refractivity contribution is -0.130. The number of amides is 1. The van der Waals surface area contributed by atoms with E-state index in [1.165, 1.54) is 5.56 Å². The first-order valence-corrected chi connectivity index (χ1v) is 8.94. The summed E-state index contributed by atoms with van der Waals surface area (Å²) in [5.41, 5.74) is 2.26. The molecule has 5 nitrogen and oxygen atoms in total. The van der Waals surface area contributed by atoms with E-state index in [9.17, 15) is 4.79 Å². The third-order valence-corrected chi connectivity index (χ3v) is 5.15. The third kappa shape index (κ3) is 3.94. The maximum Gasteiger partial charge on any atom is 0.227 e. The average molecular weight is 340 g/mol. The molecule has 4 rings (SSSR count). The maximum absolute atomic E-state index is 12.6. The smallest absolute Gasteiger partial charge is 0.227 e. The number of rotatable bonds is 4. The van der Waals surface area contributed by atoms with Crippen LogP contribution in [0.1, 0.15) is 11.1 Å². The quantitative estimate of drug-likeness (QED) is 0.856. The lowest BCUT2D eigenvalue weighted by Crippen LogP contribution is -2.34. The first kappa shape index (κ1) is 16.4. The van der Waals surface area contributed by atoms with Crippen LogP contribution in [0.3, 0.4) is 0 Å². The molecule has 5 heteroatoms. The van der Waals surface area contributed by atoms with Gasteiger partial charge in [-0.3, -0.25) is 9.69 Å². The first-order valence-electron chi connectivity index (χ1n) is 8.94. The van der Waals surface area contributed by atoms with Crippen LogP contribution in [0.25, 0.3) is 0 Å². The van der Waals surface area contributed by atoms with Gasteiger partial charge < -0.3 is 14.1 Å². The zero-order valence-electron chi connectivity index (χ0n) is 14.3. The van der Waals surface area contributed by atoms with E-state index in [1.807, 2.05) is 41.3 Å². The Morgan fingerprint density at radius 2 is 1.96 bits per heavy atom. The van der Waals surface area contributed by atoms with Gasteiger partial charge >= 0.3 is 0 Å². The summed E-state index contributed by atoms with van der Waals surface area (Å²) in [7, 11) is 0. The van der Waals surface area contributed by atoms with Crippen LogP contribution < -0.4 is 0 Å². The average Bonchev–Trinajstić information content (AvgIpc) is 3.22. The molecule has 0 aliphatic carbocycles. The predicted molar refractivity (Wildman–Crippen MR) is 93.9 cm³/mol. The molecule has 2 aromatic rings. The van der Waals surface area contributed by atoms with E-state index in [-0.39, 0.29) is 12.0 Å². The topological polar surface area (TPSA) is 45.9 Å². The van der Waals surface area contributed by atoms with Crippen molar-refractivity contribution in [1.29, 1.82) is 0 Å². The van der Waals surface area contributed by atoms with Gasteiger partial charge in [-0.25, -0.2) is 0 Å². The van der Waals surface area contributed by atoms with Crippen molar-refractivity contribution in [2.24, 2.45) is 5.92 Å². The number of benzene rings is 1. The van der Waals surface area contributed by atoms with Gasteiger partial charge in [0.05, 0.1) is 31.7 Å². The summed E-state index contributed by atoms with van der Waals surface area (Å²) >= 11 is 0. The van der Waals surface area contributed by atoms with Crippen LogP contribution in [0.2, 0.25) is 0 Å². The van der Waals surface area contributed by atoms with Gasteiger partial charge in [0.25, 0.3) is 0 Å². The summed E-state index contributed by atoms with van der Waals surface area (Å²) in [6.45, 7) is 5.00. The molecule has 2 aliphatic rings. The molecule has 1 amide bonds. The van der Waals surface area contributed by atoms with Gasteiger partial charge in [0.15, 0.2) is 0 Å². The van der Waals surface area contributed by atoms with Crippen molar-refractivity contribution in [3.05, 3.63) is 60.1 Å². The van der Waals surface area contributed by atoms with Gasteiger partial charge in [-0.15, -0.1) is 0 Å². The molecular formula is C20H24N2O3. The van der Waals surface area contributed by atoms with Crippen LogP contribution in [-0.4, -0.2) is 54.6 Å². The maximum atomic E-state index is 12.6. The number of hydrogen-bond acceptors (Lipinski definition) is 4. The van der Waals surface area contributed by atoms with Crippen LogP contribution in [-0.2, 0) is 22.5 Å². The van der Waals surface area contributed by atoms with Crippen molar-refractivity contribution >= 4 is 5.91 Å². The van der Waals surface area contributed by atoms with E-state index in [4.69, 9.17) is 9.15 Å². The lowest BCUT2D eigenvalue weighted by Gasteiger charge is -2.22. The Labute approximate surface area is 148 Å². The molecule has 0 unspecified atom stereocenters. The minimum Gasteiger partial charge on any atom is -0.472 e. The molecule has 2 aliphatic heterocycles. The second kappa shape index (κ2) is 7.42. The Hall–Kier alpha value is -2.11. The second-order valence-corrected chi connectivity index (χ2v) is 7.00. The van der Waals surface area contributed by atoms with Crippen molar-refractivity contribution in [2.45, 2.75) is 19.1 Å². The van der Waals surface area contributed by atoms with Crippen molar-refractivity contribution in [3.63, 3.8) is 0 Å². The monoisotopic (exact) mass is 340 g/mol.